The van der Waals surface area contributed by atoms with Crippen LogP contribution in [0.3, 0.4) is 0 Å². The van der Waals surface area contributed by atoms with Crippen molar-refractivity contribution in [2.45, 2.75) is 40.2 Å². The van der Waals surface area contributed by atoms with Crippen LogP contribution in [0.1, 0.15) is 38.3 Å². The van der Waals surface area contributed by atoms with Crippen molar-refractivity contribution in [2.75, 3.05) is 6.54 Å². The maximum absolute atomic E-state index is 11.6. The van der Waals surface area contributed by atoms with Crippen LogP contribution < -0.4 is 11.1 Å². The van der Waals surface area contributed by atoms with Gasteiger partial charge in [-0.3, -0.25) is 4.79 Å². The summed E-state index contributed by atoms with van der Waals surface area (Å²) in [6.45, 7) is 7.56. The fraction of sp³-hybridized carbons (Fsp3) is 0.562. The van der Waals surface area contributed by atoms with E-state index in [0.717, 1.165) is 12.0 Å². The minimum absolute atomic E-state index is 0.0733. The molecule has 0 bridgehead atoms. The van der Waals surface area contributed by atoms with Gasteiger partial charge in [0.1, 0.15) is 0 Å². The zero-order valence-corrected chi connectivity index (χ0v) is 12.3. The Kier molecular flexibility index (Phi) is 6.57. The number of nitrogens with two attached hydrogens (primary N) is 1. The smallest absolute Gasteiger partial charge is 0.220 e. The SMILES string of the molecule is CC(C)Cc1ccc(CNC(=O)CC(C)CN)cc1. The molecule has 3 N–H and O–H groups in total. The Balaban J connectivity index is 2.39. The van der Waals surface area contributed by atoms with Gasteiger partial charge >= 0.3 is 0 Å². The summed E-state index contributed by atoms with van der Waals surface area (Å²) in [7, 11) is 0. The molecule has 0 heterocycles. The van der Waals surface area contributed by atoms with Crippen LogP contribution in [0.25, 0.3) is 0 Å². The normalized spacial score (nSPS) is 12.5. The molecular formula is C16H26N2O. The van der Waals surface area contributed by atoms with Gasteiger partial charge in [-0.2, -0.15) is 0 Å². The Hall–Kier alpha value is -1.35. The van der Waals surface area contributed by atoms with Gasteiger partial charge in [0.15, 0.2) is 0 Å². The Labute approximate surface area is 116 Å². The Morgan fingerprint density at radius 3 is 2.26 bits per heavy atom. The van der Waals surface area contributed by atoms with E-state index in [1.54, 1.807) is 0 Å². The van der Waals surface area contributed by atoms with E-state index in [0.29, 0.717) is 25.4 Å². The molecule has 1 aromatic carbocycles. The minimum Gasteiger partial charge on any atom is -0.352 e. The molecule has 1 unspecified atom stereocenters. The zero-order valence-electron chi connectivity index (χ0n) is 12.3. The summed E-state index contributed by atoms with van der Waals surface area (Å²) >= 11 is 0. The standard InChI is InChI=1S/C16H26N2O/c1-12(2)8-14-4-6-15(7-5-14)11-18-16(19)9-13(3)10-17/h4-7,12-13H,8-11,17H2,1-3H3,(H,18,19). The van der Waals surface area contributed by atoms with Gasteiger partial charge in [0.05, 0.1) is 0 Å². The first kappa shape index (κ1) is 15.7. The van der Waals surface area contributed by atoms with Crippen molar-refractivity contribution >= 4 is 5.91 Å². The topological polar surface area (TPSA) is 55.1 Å². The third kappa shape index (κ3) is 6.39. The number of nitrogens with one attached hydrogen (secondary N) is 1. The van der Waals surface area contributed by atoms with Crippen LogP contribution in [0.4, 0.5) is 0 Å². The predicted octanol–water partition coefficient (Wildman–Crippen LogP) is 2.49. The molecule has 19 heavy (non-hydrogen) atoms. The van der Waals surface area contributed by atoms with Gasteiger partial charge in [-0.1, -0.05) is 45.0 Å². The highest BCUT2D eigenvalue weighted by molar-refractivity contribution is 5.76. The number of hydrogen-bond acceptors (Lipinski definition) is 2. The maximum atomic E-state index is 11.6. The van der Waals surface area contributed by atoms with E-state index in [4.69, 9.17) is 5.73 Å². The predicted molar refractivity (Wildman–Crippen MR) is 79.7 cm³/mol. The lowest BCUT2D eigenvalue weighted by Gasteiger charge is -2.10. The molecule has 1 rings (SSSR count). The van der Waals surface area contributed by atoms with Gasteiger partial charge < -0.3 is 11.1 Å². The van der Waals surface area contributed by atoms with Crippen LogP contribution in [0.2, 0.25) is 0 Å². The second kappa shape index (κ2) is 7.95. The molecule has 0 fully saturated rings. The van der Waals surface area contributed by atoms with Gasteiger partial charge in [-0.15, -0.1) is 0 Å². The monoisotopic (exact) mass is 262 g/mol. The number of hydrogen-bond donors (Lipinski definition) is 2. The van der Waals surface area contributed by atoms with Crippen LogP contribution in [0.5, 0.6) is 0 Å². The van der Waals surface area contributed by atoms with Crippen molar-refractivity contribution in [1.29, 1.82) is 0 Å². The Morgan fingerprint density at radius 1 is 1.16 bits per heavy atom. The molecular weight excluding hydrogens is 236 g/mol. The van der Waals surface area contributed by atoms with Crippen molar-refractivity contribution in [3.63, 3.8) is 0 Å². The molecule has 1 atom stereocenters. The summed E-state index contributed by atoms with van der Waals surface area (Å²) < 4.78 is 0. The zero-order chi connectivity index (χ0) is 14.3. The van der Waals surface area contributed by atoms with Crippen LogP contribution >= 0.6 is 0 Å². The first-order valence-electron chi connectivity index (χ1n) is 7.05. The average Bonchev–Trinajstić information content (AvgIpc) is 2.37. The van der Waals surface area contributed by atoms with E-state index in [9.17, 15) is 4.79 Å². The maximum Gasteiger partial charge on any atom is 0.220 e. The third-order valence-electron chi connectivity index (χ3n) is 3.09. The first-order valence-corrected chi connectivity index (χ1v) is 7.05. The molecule has 0 spiro atoms. The molecule has 1 aromatic rings. The summed E-state index contributed by atoms with van der Waals surface area (Å²) in [6.07, 6.45) is 1.60. The molecule has 0 aromatic heterocycles. The summed E-state index contributed by atoms with van der Waals surface area (Å²) in [5.41, 5.74) is 7.99. The van der Waals surface area contributed by atoms with E-state index >= 15 is 0 Å². The van der Waals surface area contributed by atoms with Crippen LogP contribution in [0, 0.1) is 11.8 Å². The number of amides is 1. The van der Waals surface area contributed by atoms with Gasteiger partial charge in [0, 0.05) is 13.0 Å². The Bertz CT molecular complexity index is 384. The number of carbonyl (C=O) groups excluding carboxylic acids is 1. The molecule has 0 aliphatic heterocycles. The fourth-order valence-electron chi connectivity index (χ4n) is 1.94. The van der Waals surface area contributed by atoms with Gasteiger partial charge in [-0.25, -0.2) is 0 Å². The molecule has 0 saturated heterocycles. The fourth-order valence-corrected chi connectivity index (χ4v) is 1.94. The largest absolute Gasteiger partial charge is 0.352 e. The molecule has 0 aliphatic rings. The van der Waals surface area contributed by atoms with Gasteiger partial charge in [-0.05, 0) is 35.9 Å². The van der Waals surface area contributed by atoms with Crippen molar-refractivity contribution in [3.05, 3.63) is 35.4 Å². The van der Waals surface area contributed by atoms with Crippen molar-refractivity contribution < 1.29 is 4.79 Å². The second-order valence-electron chi connectivity index (χ2n) is 5.74. The molecule has 0 saturated carbocycles. The number of benzene rings is 1. The number of rotatable bonds is 7. The lowest BCUT2D eigenvalue weighted by Crippen LogP contribution is -2.26. The van der Waals surface area contributed by atoms with Gasteiger partial charge in [0.25, 0.3) is 0 Å². The first-order chi connectivity index (χ1) is 9.01. The minimum atomic E-state index is 0.0733. The molecule has 106 valence electrons. The second-order valence-corrected chi connectivity index (χ2v) is 5.74. The van der Waals surface area contributed by atoms with Crippen LogP contribution in [0.15, 0.2) is 24.3 Å². The van der Waals surface area contributed by atoms with Crippen LogP contribution in [-0.2, 0) is 17.8 Å². The van der Waals surface area contributed by atoms with E-state index in [1.807, 2.05) is 6.92 Å². The quantitative estimate of drug-likeness (QED) is 0.793. The highest BCUT2D eigenvalue weighted by Gasteiger charge is 2.07. The molecule has 0 aliphatic carbocycles. The summed E-state index contributed by atoms with van der Waals surface area (Å²) in [5, 5.41) is 2.93. The lowest BCUT2D eigenvalue weighted by molar-refractivity contribution is -0.122. The summed E-state index contributed by atoms with van der Waals surface area (Å²) in [4.78, 5) is 11.6. The Morgan fingerprint density at radius 2 is 1.74 bits per heavy atom. The van der Waals surface area contributed by atoms with E-state index in [1.165, 1.54) is 5.56 Å². The molecule has 0 radical (unpaired) electrons. The highest BCUT2D eigenvalue weighted by Crippen LogP contribution is 2.10. The van der Waals surface area contributed by atoms with Crippen LogP contribution in [-0.4, -0.2) is 12.5 Å². The summed E-state index contributed by atoms with van der Waals surface area (Å²) in [5.74, 6) is 0.987. The van der Waals surface area contributed by atoms with E-state index in [2.05, 4.69) is 43.4 Å². The number of carbonyl (C=O) groups is 1. The van der Waals surface area contributed by atoms with Gasteiger partial charge in [0.2, 0.25) is 5.91 Å². The summed E-state index contributed by atoms with van der Waals surface area (Å²) in [6, 6.07) is 8.46. The molecule has 1 amide bonds. The molecule has 3 heteroatoms. The third-order valence-corrected chi connectivity index (χ3v) is 3.09. The van der Waals surface area contributed by atoms with E-state index in [-0.39, 0.29) is 11.8 Å². The average molecular weight is 262 g/mol. The highest BCUT2D eigenvalue weighted by atomic mass is 16.1. The van der Waals surface area contributed by atoms with Crippen molar-refractivity contribution in [1.82, 2.24) is 5.32 Å². The lowest BCUT2D eigenvalue weighted by atomic mass is 10.0. The molecule has 3 nitrogen and oxygen atoms in total. The van der Waals surface area contributed by atoms with Crippen molar-refractivity contribution in [2.24, 2.45) is 17.6 Å². The van der Waals surface area contributed by atoms with Crippen molar-refractivity contribution in [3.8, 4) is 0 Å². The van der Waals surface area contributed by atoms with E-state index < -0.39 is 0 Å².